The molecule has 0 heterocycles. The van der Waals surface area contributed by atoms with Gasteiger partial charge in [-0.1, -0.05) is 246 Å². The molecule has 0 radical (unpaired) electrons. The second-order valence-electron chi connectivity index (χ2n) is 18.9. The molecule has 0 N–H and O–H groups in total. The number of rotatable bonds is 51. The quantitative estimate of drug-likeness (QED) is 0.0199. The second kappa shape index (κ2) is 56.9. The third-order valence-corrected chi connectivity index (χ3v) is 12.1. The highest BCUT2D eigenvalue weighted by Gasteiger charge is 2.19. The normalized spacial score (nSPS) is 12.8. The first-order valence-corrected chi connectivity index (χ1v) is 28.8. The fourth-order valence-corrected chi connectivity index (χ4v) is 7.82. The molecular weight excluding hydrogens is 853 g/mol. The summed E-state index contributed by atoms with van der Waals surface area (Å²) in [5.74, 6) is -0.986. The molecule has 0 bridgehead atoms. The van der Waals surface area contributed by atoms with E-state index >= 15 is 0 Å². The van der Waals surface area contributed by atoms with Gasteiger partial charge in [-0.05, 0) is 96.3 Å². The Labute approximate surface area is 426 Å². The Kier molecular flexibility index (Phi) is 53.9. The number of hydrogen-bond donors (Lipinski definition) is 0. The standard InChI is InChI=1S/C63H106O6/c1-4-7-10-13-16-19-22-25-28-30-31-33-35-38-41-44-47-50-53-56-62(65)68-59-60(58-67-61(64)55-52-49-46-43-40-37-34-27-24-21-18-15-12-9-6-3)69-63(66)57-54-51-48-45-42-39-36-32-29-26-23-20-17-14-11-8-5-2/h9,12,15,18,21,24,26-27,29-31,34,36,39,45,48,60H,4-8,10-11,13-14,16-17,19-20,22-23,25,28,32-33,35,37-38,40-44,46-47,49-59H2,1-3H3/b12-9-,18-15-,24-21-,29-26-,31-30-,34-27-,39-36-,48-45-. The van der Waals surface area contributed by atoms with Crippen LogP contribution in [0.4, 0.5) is 0 Å². The number of esters is 3. The van der Waals surface area contributed by atoms with Gasteiger partial charge in [0.05, 0.1) is 0 Å². The van der Waals surface area contributed by atoms with Crippen molar-refractivity contribution in [1.29, 1.82) is 0 Å². The second-order valence-corrected chi connectivity index (χ2v) is 18.9. The Morgan fingerprint density at radius 2 is 0.638 bits per heavy atom. The maximum atomic E-state index is 12.8. The number of hydrogen-bond acceptors (Lipinski definition) is 6. The summed E-state index contributed by atoms with van der Waals surface area (Å²) in [5, 5.41) is 0. The molecule has 0 aliphatic rings. The molecule has 0 fully saturated rings. The molecule has 6 heteroatoms. The Balaban J connectivity index is 4.49. The van der Waals surface area contributed by atoms with Crippen LogP contribution >= 0.6 is 0 Å². The smallest absolute Gasteiger partial charge is 0.306 e. The van der Waals surface area contributed by atoms with Crippen molar-refractivity contribution in [2.24, 2.45) is 0 Å². The van der Waals surface area contributed by atoms with Crippen molar-refractivity contribution >= 4 is 17.9 Å². The van der Waals surface area contributed by atoms with Crippen molar-refractivity contribution in [2.75, 3.05) is 13.2 Å². The average molecular weight is 960 g/mol. The van der Waals surface area contributed by atoms with Crippen molar-refractivity contribution in [3.8, 4) is 0 Å². The molecule has 1 atom stereocenters. The molecule has 0 saturated carbocycles. The molecule has 6 nitrogen and oxygen atoms in total. The van der Waals surface area contributed by atoms with Gasteiger partial charge in [0.25, 0.3) is 0 Å². The van der Waals surface area contributed by atoms with Gasteiger partial charge in [0.2, 0.25) is 0 Å². The SMILES string of the molecule is CC\C=C/C=C\C=C/C=C\CCCCCCCC(=O)OCC(COC(=O)CCCCCCCCC/C=C\CCCCCCCCCC)OC(=O)CCC/C=C\C/C=C\C/C=C\CCCCCCCC. The third kappa shape index (κ3) is 55.1. The van der Waals surface area contributed by atoms with Gasteiger partial charge in [-0.15, -0.1) is 0 Å². The number of unbranched alkanes of at least 4 members (excludes halogenated alkanes) is 27. The van der Waals surface area contributed by atoms with E-state index in [1.807, 2.05) is 18.2 Å². The van der Waals surface area contributed by atoms with Gasteiger partial charge in [-0.2, -0.15) is 0 Å². The molecule has 0 aliphatic heterocycles. The zero-order chi connectivity index (χ0) is 50.0. The van der Waals surface area contributed by atoms with E-state index in [0.717, 1.165) is 83.5 Å². The lowest BCUT2D eigenvalue weighted by Gasteiger charge is -2.18. The summed E-state index contributed by atoms with van der Waals surface area (Å²) >= 11 is 0. The molecule has 0 aromatic rings. The zero-order valence-corrected chi connectivity index (χ0v) is 45.0. The summed E-state index contributed by atoms with van der Waals surface area (Å²) < 4.78 is 16.8. The van der Waals surface area contributed by atoms with Gasteiger partial charge in [0, 0.05) is 19.3 Å². The predicted molar refractivity (Wildman–Crippen MR) is 297 cm³/mol. The minimum atomic E-state index is -0.817. The number of ether oxygens (including phenoxy) is 3. The lowest BCUT2D eigenvalue weighted by molar-refractivity contribution is -0.167. The van der Waals surface area contributed by atoms with Crippen LogP contribution in [0.2, 0.25) is 0 Å². The van der Waals surface area contributed by atoms with E-state index in [0.29, 0.717) is 19.3 Å². The minimum absolute atomic E-state index is 0.108. The Morgan fingerprint density at radius 1 is 0.319 bits per heavy atom. The molecule has 0 rings (SSSR count). The van der Waals surface area contributed by atoms with Gasteiger partial charge < -0.3 is 14.2 Å². The van der Waals surface area contributed by atoms with Crippen LogP contribution in [-0.2, 0) is 28.6 Å². The van der Waals surface area contributed by atoms with Gasteiger partial charge in [0.1, 0.15) is 13.2 Å². The maximum Gasteiger partial charge on any atom is 0.306 e. The highest BCUT2D eigenvalue weighted by molar-refractivity contribution is 5.71. The number of allylic oxidation sites excluding steroid dienone is 16. The monoisotopic (exact) mass is 959 g/mol. The topological polar surface area (TPSA) is 78.9 Å². The van der Waals surface area contributed by atoms with E-state index in [1.54, 1.807) is 0 Å². The summed E-state index contributed by atoms with van der Waals surface area (Å²) in [6, 6.07) is 0. The van der Waals surface area contributed by atoms with Crippen LogP contribution in [0.3, 0.4) is 0 Å². The Morgan fingerprint density at radius 3 is 1.07 bits per heavy atom. The number of carbonyl (C=O) groups excluding carboxylic acids is 3. The molecule has 1 unspecified atom stereocenters. The third-order valence-electron chi connectivity index (χ3n) is 12.1. The summed E-state index contributed by atoms with van der Waals surface area (Å²) in [4.78, 5) is 38.1. The lowest BCUT2D eigenvalue weighted by Crippen LogP contribution is -2.30. The van der Waals surface area contributed by atoms with E-state index < -0.39 is 6.10 Å². The number of carbonyl (C=O) groups is 3. The molecule has 0 spiro atoms. The van der Waals surface area contributed by atoms with Crippen molar-refractivity contribution < 1.29 is 28.6 Å². The molecule has 394 valence electrons. The largest absolute Gasteiger partial charge is 0.462 e. The first-order chi connectivity index (χ1) is 34.0. The maximum absolute atomic E-state index is 12.8. The highest BCUT2D eigenvalue weighted by Crippen LogP contribution is 2.14. The lowest BCUT2D eigenvalue weighted by atomic mass is 10.1. The van der Waals surface area contributed by atoms with Crippen LogP contribution in [0.15, 0.2) is 97.2 Å². The van der Waals surface area contributed by atoms with Crippen LogP contribution in [0.5, 0.6) is 0 Å². The van der Waals surface area contributed by atoms with Gasteiger partial charge in [-0.25, -0.2) is 0 Å². The van der Waals surface area contributed by atoms with E-state index in [-0.39, 0.29) is 37.5 Å². The van der Waals surface area contributed by atoms with Crippen LogP contribution < -0.4 is 0 Å². The minimum Gasteiger partial charge on any atom is -0.462 e. The summed E-state index contributed by atoms with van der Waals surface area (Å²) in [6.07, 6.45) is 75.5. The average Bonchev–Trinajstić information content (AvgIpc) is 3.35. The fourth-order valence-electron chi connectivity index (χ4n) is 7.82. The molecule has 0 aromatic carbocycles. The molecule has 0 saturated heterocycles. The van der Waals surface area contributed by atoms with E-state index in [9.17, 15) is 14.4 Å². The van der Waals surface area contributed by atoms with Gasteiger partial charge in [0.15, 0.2) is 6.10 Å². The van der Waals surface area contributed by atoms with Crippen molar-refractivity contribution in [1.82, 2.24) is 0 Å². The molecule has 0 amide bonds. The summed E-state index contributed by atoms with van der Waals surface area (Å²) in [5.41, 5.74) is 0. The van der Waals surface area contributed by atoms with Gasteiger partial charge >= 0.3 is 17.9 Å². The molecule has 0 aliphatic carbocycles. The highest BCUT2D eigenvalue weighted by atomic mass is 16.6. The van der Waals surface area contributed by atoms with Crippen LogP contribution in [0, 0.1) is 0 Å². The first-order valence-electron chi connectivity index (χ1n) is 28.8. The van der Waals surface area contributed by atoms with E-state index in [4.69, 9.17) is 14.2 Å². The molecular formula is C63H106O6. The van der Waals surface area contributed by atoms with Crippen LogP contribution in [0.25, 0.3) is 0 Å². The van der Waals surface area contributed by atoms with Crippen molar-refractivity contribution in [3.63, 3.8) is 0 Å². The fraction of sp³-hybridized carbons (Fsp3) is 0.698. The van der Waals surface area contributed by atoms with Gasteiger partial charge in [-0.3, -0.25) is 14.4 Å². The first kappa shape index (κ1) is 65.3. The summed E-state index contributed by atoms with van der Waals surface area (Å²) in [6.45, 7) is 6.44. The van der Waals surface area contributed by atoms with Crippen LogP contribution in [0.1, 0.15) is 265 Å². The molecule has 69 heavy (non-hydrogen) atoms. The molecule has 0 aromatic heterocycles. The van der Waals surface area contributed by atoms with E-state index in [1.165, 1.54) is 135 Å². The summed E-state index contributed by atoms with van der Waals surface area (Å²) in [7, 11) is 0. The Hall–Kier alpha value is -3.67. The van der Waals surface area contributed by atoms with Crippen molar-refractivity contribution in [2.45, 2.75) is 271 Å². The Bertz CT molecular complexity index is 1380. The zero-order valence-electron chi connectivity index (χ0n) is 45.0. The predicted octanol–water partition coefficient (Wildman–Crippen LogP) is 19.3. The van der Waals surface area contributed by atoms with E-state index in [2.05, 4.69) is 99.8 Å². The van der Waals surface area contributed by atoms with Crippen molar-refractivity contribution in [3.05, 3.63) is 97.2 Å². The van der Waals surface area contributed by atoms with Crippen LogP contribution in [-0.4, -0.2) is 37.2 Å².